The third-order valence-electron chi connectivity index (χ3n) is 4.15. The highest BCUT2D eigenvalue weighted by Crippen LogP contribution is 2.40. The van der Waals surface area contributed by atoms with E-state index in [0.717, 1.165) is 35.7 Å². The zero-order chi connectivity index (χ0) is 13.4. The summed E-state index contributed by atoms with van der Waals surface area (Å²) in [5, 5.41) is 0. The largest absolute Gasteiger partial charge is 0.325 e. The first kappa shape index (κ1) is 14.0. The Bertz CT molecular complexity index is 432. The molecule has 2 N–H and O–H groups in total. The first-order valence-electron chi connectivity index (χ1n) is 6.53. The second kappa shape index (κ2) is 4.93. The molecule has 1 nitrogen and oxygen atoms in total. The summed E-state index contributed by atoms with van der Waals surface area (Å²) in [6, 6.07) is 5.09. The van der Waals surface area contributed by atoms with E-state index in [1.54, 1.807) is 6.07 Å². The Hall–Kier alpha value is -0.410. The molecule has 0 bridgehead atoms. The van der Waals surface area contributed by atoms with Gasteiger partial charge in [-0.25, -0.2) is 4.39 Å². The smallest absolute Gasteiger partial charge is 0.126 e. The topological polar surface area (TPSA) is 26.0 Å². The summed E-state index contributed by atoms with van der Waals surface area (Å²) in [6.07, 6.45) is 4.84. The lowest BCUT2D eigenvalue weighted by molar-refractivity contribution is 0.164. The van der Waals surface area contributed by atoms with Crippen molar-refractivity contribution in [1.29, 1.82) is 0 Å². The van der Waals surface area contributed by atoms with Crippen molar-refractivity contribution in [3.63, 3.8) is 0 Å². The molecular formula is C15H21BrFN. The van der Waals surface area contributed by atoms with E-state index in [1.807, 2.05) is 6.07 Å². The van der Waals surface area contributed by atoms with Gasteiger partial charge >= 0.3 is 0 Å². The Morgan fingerprint density at radius 2 is 1.83 bits per heavy atom. The molecule has 18 heavy (non-hydrogen) atoms. The molecule has 0 atom stereocenters. The number of rotatable bonds is 2. The van der Waals surface area contributed by atoms with E-state index < -0.39 is 0 Å². The SMILES string of the molecule is CC1(C)CCC(N)(Cc2cc(Br)ccc2F)CC1. The minimum atomic E-state index is -0.239. The van der Waals surface area contributed by atoms with Crippen LogP contribution in [-0.4, -0.2) is 5.54 Å². The Kier molecular flexibility index (Phi) is 3.84. The lowest BCUT2D eigenvalue weighted by Gasteiger charge is -2.41. The summed E-state index contributed by atoms with van der Waals surface area (Å²) in [7, 11) is 0. The van der Waals surface area contributed by atoms with Gasteiger partial charge in [0.2, 0.25) is 0 Å². The first-order valence-corrected chi connectivity index (χ1v) is 7.32. The van der Waals surface area contributed by atoms with Gasteiger partial charge in [-0.15, -0.1) is 0 Å². The fourth-order valence-electron chi connectivity index (χ4n) is 2.66. The summed E-state index contributed by atoms with van der Waals surface area (Å²) in [5.41, 5.74) is 7.33. The second-order valence-electron chi connectivity index (χ2n) is 6.44. The molecule has 0 amide bonds. The minimum absolute atomic E-state index is 0.146. The Morgan fingerprint density at radius 1 is 1.22 bits per heavy atom. The molecule has 2 rings (SSSR count). The standard InChI is InChI=1S/C15H21BrFN/c1-14(2)5-7-15(18,8-6-14)10-11-9-12(16)3-4-13(11)17/h3-4,9H,5-8,10,18H2,1-2H3. The van der Waals surface area contributed by atoms with E-state index in [1.165, 1.54) is 6.07 Å². The number of hydrogen-bond donors (Lipinski definition) is 1. The lowest BCUT2D eigenvalue weighted by atomic mass is 9.68. The summed E-state index contributed by atoms with van der Waals surface area (Å²) in [4.78, 5) is 0. The van der Waals surface area contributed by atoms with Gasteiger partial charge in [-0.1, -0.05) is 29.8 Å². The van der Waals surface area contributed by atoms with E-state index in [4.69, 9.17) is 5.73 Å². The molecule has 100 valence electrons. The lowest BCUT2D eigenvalue weighted by Crippen LogP contribution is -2.47. The molecule has 0 saturated heterocycles. The average Bonchev–Trinajstić information content (AvgIpc) is 2.29. The molecule has 0 aliphatic heterocycles. The van der Waals surface area contributed by atoms with E-state index in [-0.39, 0.29) is 11.4 Å². The van der Waals surface area contributed by atoms with Crippen LogP contribution in [0.25, 0.3) is 0 Å². The van der Waals surface area contributed by atoms with Crippen molar-refractivity contribution < 1.29 is 4.39 Å². The van der Waals surface area contributed by atoms with Crippen molar-refractivity contribution in [3.05, 3.63) is 34.1 Å². The Labute approximate surface area is 117 Å². The van der Waals surface area contributed by atoms with Gasteiger partial charge in [0.25, 0.3) is 0 Å². The van der Waals surface area contributed by atoms with Crippen LogP contribution in [0.2, 0.25) is 0 Å². The Morgan fingerprint density at radius 3 is 2.44 bits per heavy atom. The van der Waals surface area contributed by atoms with Crippen LogP contribution in [0.1, 0.15) is 45.1 Å². The number of hydrogen-bond acceptors (Lipinski definition) is 1. The van der Waals surface area contributed by atoms with Crippen LogP contribution in [0.5, 0.6) is 0 Å². The fourth-order valence-corrected chi connectivity index (χ4v) is 3.07. The monoisotopic (exact) mass is 313 g/mol. The molecule has 0 unspecified atom stereocenters. The zero-order valence-corrected chi connectivity index (χ0v) is 12.7. The zero-order valence-electron chi connectivity index (χ0n) is 11.1. The number of benzene rings is 1. The minimum Gasteiger partial charge on any atom is -0.325 e. The molecule has 0 spiro atoms. The number of halogens is 2. The highest BCUT2D eigenvalue weighted by atomic mass is 79.9. The van der Waals surface area contributed by atoms with Crippen molar-refractivity contribution >= 4 is 15.9 Å². The molecule has 1 saturated carbocycles. The maximum absolute atomic E-state index is 13.8. The summed E-state index contributed by atoms with van der Waals surface area (Å²) in [6.45, 7) is 4.57. The molecule has 0 radical (unpaired) electrons. The van der Waals surface area contributed by atoms with Crippen LogP contribution in [-0.2, 0) is 6.42 Å². The predicted molar refractivity (Wildman–Crippen MR) is 77.0 cm³/mol. The molecule has 1 aliphatic carbocycles. The summed E-state index contributed by atoms with van der Waals surface area (Å²) in [5.74, 6) is -0.146. The van der Waals surface area contributed by atoms with Gasteiger partial charge in [-0.05, 0) is 61.3 Å². The molecule has 1 aliphatic rings. The molecule has 1 aromatic carbocycles. The molecule has 1 fully saturated rings. The molecule has 0 heterocycles. The summed E-state index contributed by atoms with van der Waals surface area (Å²) < 4.78 is 14.7. The van der Waals surface area contributed by atoms with Gasteiger partial charge in [-0.2, -0.15) is 0 Å². The highest BCUT2D eigenvalue weighted by molar-refractivity contribution is 9.10. The van der Waals surface area contributed by atoms with Crippen molar-refractivity contribution in [1.82, 2.24) is 0 Å². The van der Waals surface area contributed by atoms with E-state index in [9.17, 15) is 4.39 Å². The van der Waals surface area contributed by atoms with Gasteiger partial charge in [0, 0.05) is 10.0 Å². The van der Waals surface area contributed by atoms with Gasteiger partial charge in [0.1, 0.15) is 5.82 Å². The maximum atomic E-state index is 13.8. The van der Waals surface area contributed by atoms with Gasteiger partial charge in [0.05, 0.1) is 0 Å². The molecule has 0 aromatic heterocycles. The molecule has 3 heteroatoms. The second-order valence-corrected chi connectivity index (χ2v) is 7.35. The van der Waals surface area contributed by atoms with Crippen LogP contribution in [0.3, 0.4) is 0 Å². The van der Waals surface area contributed by atoms with Crippen molar-refractivity contribution in [2.45, 2.75) is 51.5 Å². The highest BCUT2D eigenvalue weighted by Gasteiger charge is 2.35. The van der Waals surface area contributed by atoms with Crippen molar-refractivity contribution in [3.8, 4) is 0 Å². The van der Waals surface area contributed by atoms with Crippen LogP contribution in [0.15, 0.2) is 22.7 Å². The van der Waals surface area contributed by atoms with Crippen LogP contribution >= 0.6 is 15.9 Å². The summed E-state index contributed by atoms with van der Waals surface area (Å²) >= 11 is 3.39. The number of nitrogens with two attached hydrogens (primary N) is 1. The third kappa shape index (κ3) is 3.33. The van der Waals surface area contributed by atoms with E-state index in [0.29, 0.717) is 11.8 Å². The maximum Gasteiger partial charge on any atom is 0.126 e. The van der Waals surface area contributed by atoms with Gasteiger partial charge in [0.15, 0.2) is 0 Å². The van der Waals surface area contributed by atoms with Crippen molar-refractivity contribution in [2.75, 3.05) is 0 Å². The average molecular weight is 314 g/mol. The van der Waals surface area contributed by atoms with Crippen molar-refractivity contribution in [2.24, 2.45) is 11.1 Å². The molecular weight excluding hydrogens is 293 g/mol. The van der Waals surface area contributed by atoms with Crippen LogP contribution < -0.4 is 5.73 Å². The Balaban J connectivity index is 2.11. The normalized spacial score (nSPS) is 21.8. The predicted octanol–water partition coefficient (Wildman–Crippen LogP) is 4.43. The van der Waals surface area contributed by atoms with Gasteiger partial charge in [-0.3, -0.25) is 0 Å². The third-order valence-corrected chi connectivity index (χ3v) is 4.64. The van der Waals surface area contributed by atoms with Crippen LogP contribution in [0, 0.1) is 11.2 Å². The van der Waals surface area contributed by atoms with E-state index in [2.05, 4.69) is 29.8 Å². The molecule has 1 aromatic rings. The van der Waals surface area contributed by atoms with E-state index >= 15 is 0 Å². The first-order chi connectivity index (χ1) is 8.30. The van der Waals surface area contributed by atoms with Gasteiger partial charge < -0.3 is 5.73 Å². The quantitative estimate of drug-likeness (QED) is 0.859. The van der Waals surface area contributed by atoms with Crippen LogP contribution in [0.4, 0.5) is 4.39 Å². The fraction of sp³-hybridized carbons (Fsp3) is 0.600.